The maximum Gasteiger partial charge on any atom is 0.265 e. The molecule has 1 fully saturated rings. The Morgan fingerprint density at radius 3 is 2.37 bits per heavy atom. The third-order valence-electron chi connectivity index (χ3n) is 5.37. The highest BCUT2D eigenvalue weighted by molar-refractivity contribution is 7.92. The van der Waals surface area contributed by atoms with Gasteiger partial charge in [0.1, 0.15) is 10.6 Å². The van der Waals surface area contributed by atoms with E-state index in [0.717, 1.165) is 31.2 Å². The van der Waals surface area contributed by atoms with Gasteiger partial charge in [0.2, 0.25) is 0 Å². The number of hydrogen-bond donors (Lipinski definition) is 1. The monoisotopic (exact) mass is 427 g/mol. The SMILES string of the molecule is COc1ccc(NS(=O)(=O)c2cn(C3CCCC3)nc2-c2ccccc2)cc1OC. The lowest BCUT2D eigenvalue weighted by atomic mass is 10.2. The molecule has 0 saturated heterocycles. The summed E-state index contributed by atoms with van der Waals surface area (Å²) in [4.78, 5) is 0.162. The lowest BCUT2D eigenvalue weighted by molar-refractivity contribution is 0.355. The molecule has 4 rings (SSSR count). The van der Waals surface area contributed by atoms with Crippen LogP contribution >= 0.6 is 0 Å². The van der Waals surface area contributed by atoms with Crippen molar-refractivity contribution in [3.05, 3.63) is 54.7 Å². The molecule has 7 nitrogen and oxygen atoms in total. The number of rotatable bonds is 7. The number of nitrogens with one attached hydrogen (secondary N) is 1. The zero-order valence-electron chi connectivity index (χ0n) is 17.0. The number of methoxy groups -OCH3 is 2. The van der Waals surface area contributed by atoms with Gasteiger partial charge in [-0.25, -0.2) is 8.42 Å². The maximum absolute atomic E-state index is 13.3. The van der Waals surface area contributed by atoms with E-state index in [0.29, 0.717) is 22.9 Å². The van der Waals surface area contributed by atoms with Gasteiger partial charge in [0.05, 0.1) is 25.9 Å². The highest BCUT2D eigenvalue weighted by Crippen LogP contribution is 2.35. The van der Waals surface area contributed by atoms with Crippen LogP contribution in [0.5, 0.6) is 11.5 Å². The second kappa shape index (κ2) is 8.39. The molecule has 158 valence electrons. The van der Waals surface area contributed by atoms with Crippen LogP contribution < -0.4 is 14.2 Å². The van der Waals surface area contributed by atoms with Gasteiger partial charge >= 0.3 is 0 Å². The molecule has 1 saturated carbocycles. The van der Waals surface area contributed by atoms with E-state index in [4.69, 9.17) is 9.47 Å². The summed E-state index contributed by atoms with van der Waals surface area (Å²) < 4.78 is 41.7. The fraction of sp³-hybridized carbons (Fsp3) is 0.318. The number of nitrogens with zero attached hydrogens (tertiary/aromatic N) is 2. The van der Waals surface area contributed by atoms with Crippen LogP contribution in [-0.4, -0.2) is 32.4 Å². The quantitative estimate of drug-likeness (QED) is 0.601. The van der Waals surface area contributed by atoms with Crippen molar-refractivity contribution in [2.24, 2.45) is 0 Å². The van der Waals surface area contributed by atoms with Crippen molar-refractivity contribution in [3.63, 3.8) is 0 Å². The molecule has 1 heterocycles. The van der Waals surface area contributed by atoms with Crippen molar-refractivity contribution in [2.75, 3.05) is 18.9 Å². The average molecular weight is 428 g/mol. The molecule has 1 N–H and O–H groups in total. The molecule has 3 aromatic rings. The van der Waals surface area contributed by atoms with E-state index >= 15 is 0 Å². The first-order chi connectivity index (χ1) is 14.5. The molecular formula is C22H25N3O4S. The standard InChI is InChI=1S/C22H25N3O4S/c1-28-19-13-12-17(14-20(19)29-2)24-30(26,27)21-15-25(18-10-6-7-11-18)23-22(21)16-8-4-3-5-9-16/h3-5,8-9,12-15,18,24H,6-7,10-11H2,1-2H3. The highest BCUT2D eigenvalue weighted by atomic mass is 32.2. The molecule has 0 spiro atoms. The van der Waals surface area contributed by atoms with Crippen LogP contribution in [0.15, 0.2) is 59.6 Å². The Labute approximate surface area is 176 Å². The molecule has 1 aliphatic rings. The van der Waals surface area contributed by atoms with E-state index < -0.39 is 10.0 Å². The lowest BCUT2D eigenvalue weighted by Crippen LogP contribution is -2.13. The third-order valence-corrected chi connectivity index (χ3v) is 6.75. The zero-order valence-corrected chi connectivity index (χ0v) is 17.9. The van der Waals surface area contributed by atoms with Gasteiger partial charge in [0.15, 0.2) is 11.5 Å². The first-order valence-corrected chi connectivity index (χ1v) is 11.4. The van der Waals surface area contributed by atoms with Crippen LogP contribution in [0.1, 0.15) is 31.7 Å². The van der Waals surface area contributed by atoms with E-state index in [9.17, 15) is 8.42 Å². The molecule has 0 unspecified atom stereocenters. The minimum Gasteiger partial charge on any atom is -0.493 e. The number of benzene rings is 2. The van der Waals surface area contributed by atoms with Crippen molar-refractivity contribution in [3.8, 4) is 22.8 Å². The highest BCUT2D eigenvalue weighted by Gasteiger charge is 2.27. The van der Waals surface area contributed by atoms with Gasteiger partial charge in [-0.15, -0.1) is 0 Å². The van der Waals surface area contributed by atoms with Crippen LogP contribution in [0.2, 0.25) is 0 Å². The second-order valence-electron chi connectivity index (χ2n) is 7.30. The first-order valence-electron chi connectivity index (χ1n) is 9.91. The van der Waals surface area contributed by atoms with Gasteiger partial charge in [0.25, 0.3) is 10.0 Å². The third kappa shape index (κ3) is 4.00. The summed E-state index contributed by atoms with van der Waals surface area (Å²) in [6.45, 7) is 0. The van der Waals surface area contributed by atoms with Crippen LogP contribution in [-0.2, 0) is 10.0 Å². The number of sulfonamides is 1. The summed E-state index contributed by atoms with van der Waals surface area (Å²) in [5, 5.41) is 4.68. The Hall–Kier alpha value is -3.00. The number of ether oxygens (including phenoxy) is 2. The lowest BCUT2D eigenvalue weighted by Gasteiger charge is -2.12. The minimum absolute atomic E-state index is 0.162. The van der Waals surface area contributed by atoms with Gasteiger partial charge in [-0.3, -0.25) is 9.40 Å². The van der Waals surface area contributed by atoms with Crippen molar-refractivity contribution in [1.82, 2.24) is 9.78 Å². The Morgan fingerprint density at radius 2 is 1.70 bits per heavy atom. The summed E-state index contributed by atoms with van der Waals surface area (Å²) in [7, 11) is -0.833. The van der Waals surface area contributed by atoms with Gasteiger partial charge < -0.3 is 9.47 Å². The van der Waals surface area contributed by atoms with E-state index in [-0.39, 0.29) is 10.9 Å². The molecule has 30 heavy (non-hydrogen) atoms. The van der Waals surface area contributed by atoms with E-state index in [1.165, 1.54) is 14.2 Å². The summed E-state index contributed by atoms with van der Waals surface area (Å²) in [5.74, 6) is 0.974. The minimum atomic E-state index is -3.88. The van der Waals surface area contributed by atoms with Gasteiger partial charge in [0, 0.05) is 17.8 Å². The first kappa shape index (κ1) is 20.3. The Bertz CT molecular complexity index is 1120. The van der Waals surface area contributed by atoms with E-state index in [2.05, 4.69) is 9.82 Å². The van der Waals surface area contributed by atoms with Crippen molar-refractivity contribution >= 4 is 15.7 Å². The number of aromatic nitrogens is 2. The average Bonchev–Trinajstić information content (AvgIpc) is 3.44. The predicted molar refractivity (Wildman–Crippen MR) is 116 cm³/mol. The molecule has 0 amide bonds. The Morgan fingerprint density at radius 1 is 1.00 bits per heavy atom. The van der Waals surface area contributed by atoms with Crippen LogP contribution in [0.3, 0.4) is 0 Å². The summed E-state index contributed by atoms with van der Waals surface area (Å²) in [6.07, 6.45) is 5.95. The summed E-state index contributed by atoms with van der Waals surface area (Å²) in [6, 6.07) is 14.5. The predicted octanol–water partition coefficient (Wildman–Crippen LogP) is 4.48. The van der Waals surface area contributed by atoms with Gasteiger partial charge in [-0.2, -0.15) is 5.10 Å². The van der Waals surface area contributed by atoms with E-state index in [1.807, 2.05) is 35.0 Å². The molecule has 0 radical (unpaired) electrons. The molecule has 8 heteroatoms. The topological polar surface area (TPSA) is 82.5 Å². The Balaban J connectivity index is 1.74. The number of anilines is 1. The van der Waals surface area contributed by atoms with E-state index in [1.54, 1.807) is 24.4 Å². The van der Waals surface area contributed by atoms with Crippen molar-refractivity contribution in [2.45, 2.75) is 36.6 Å². The molecule has 1 aromatic heterocycles. The smallest absolute Gasteiger partial charge is 0.265 e. The van der Waals surface area contributed by atoms with Crippen molar-refractivity contribution < 1.29 is 17.9 Å². The van der Waals surface area contributed by atoms with Crippen molar-refractivity contribution in [1.29, 1.82) is 0 Å². The fourth-order valence-corrected chi connectivity index (χ4v) is 5.04. The van der Waals surface area contributed by atoms with Crippen LogP contribution in [0.4, 0.5) is 5.69 Å². The van der Waals surface area contributed by atoms with Gasteiger partial charge in [-0.1, -0.05) is 43.2 Å². The maximum atomic E-state index is 13.3. The molecular weight excluding hydrogens is 402 g/mol. The second-order valence-corrected chi connectivity index (χ2v) is 8.95. The molecule has 0 atom stereocenters. The van der Waals surface area contributed by atoms with Crippen LogP contribution in [0.25, 0.3) is 11.3 Å². The largest absolute Gasteiger partial charge is 0.493 e. The molecule has 0 aliphatic heterocycles. The summed E-state index contributed by atoms with van der Waals surface area (Å²) in [5.41, 5.74) is 1.61. The van der Waals surface area contributed by atoms with Crippen LogP contribution in [0, 0.1) is 0 Å². The Kier molecular flexibility index (Phi) is 5.67. The summed E-state index contributed by atoms with van der Waals surface area (Å²) >= 11 is 0. The molecule has 2 aromatic carbocycles. The van der Waals surface area contributed by atoms with Gasteiger partial charge in [-0.05, 0) is 25.0 Å². The number of hydrogen-bond acceptors (Lipinski definition) is 5. The molecule has 0 bridgehead atoms. The molecule has 1 aliphatic carbocycles. The fourth-order valence-electron chi connectivity index (χ4n) is 3.83. The zero-order chi connectivity index (χ0) is 21.1. The normalized spacial score (nSPS) is 14.6.